The maximum Gasteiger partial charge on any atom is 0.266 e. The summed E-state index contributed by atoms with van der Waals surface area (Å²) in [5.74, 6) is 0.199. The number of Topliss-reactive ketones (excluding diaryl/α,β-unsaturated/α-hetero) is 1. The van der Waals surface area contributed by atoms with Gasteiger partial charge in [-0.15, -0.1) is 11.3 Å². The first-order valence-electron chi connectivity index (χ1n) is 7.87. The van der Waals surface area contributed by atoms with Gasteiger partial charge >= 0.3 is 0 Å². The van der Waals surface area contributed by atoms with E-state index in [9.17, 15) is 14.7 Å². The molecule has 132 valence electrons. The summed E-state index contributed by atoms with van der Waals surface area (Å²) in [5, 5.41) is 9.84. The van der Waals surface area contributed by atoms with Crippen LogP contribution in [0, 0.1) is 6.92 Å². The van der Waals surface area contributed by atoms with Crippen LogP contribution >= 0.6 is 11.3 Å². The van der Waals surface area contributed by atoms with E-state index in [4.69, 9.17) is 4.74 Å². The Hall–Kier alpha value is -3.12. The molecule has 0 aliphatic heterocycles. The number of hydrogen-bond donors (Lipinski definition) is 2. The van der Waals surface area contributed by atoms with Crippen molar-refractivity contribution in [1.82, 2.24) is 4.98 Å². The van der Waals surface area contributed by atoms with Crippen molar-refractivity contribution < 1.29 is 14.6 Å². The zero-order valence-electron chi connectivity index (χ0n) is 14.3. The number of phenols is 1. The van der Waals surface area contributed by atoms with Crippen LogP contribution in [0.3, 0.4) is 0 Å². The van der Waals surface area contributed by atoms with Crippen molar-refractivity contribution in [3.05, 3.63) is 78.7 Å². The number of phenolic OH excluding ortho intramolecular Hbond substituents is 1. The zero-order chi connectivity index (χ0) is 18.7. The minimum absolute atomic E-state index is 0.00393. The lowest BCUT2D eigenvalue weighted by Gasteiger charge is -2.02. The second-order valence-electron chi connectivity index (χ2n) is 5.68. The van der Waals surface area contributed by atoms with Gasteiger partial charge in [0.2, 0.25) is 0 Å². The third-order valence-electron chi connectivity index (χ3n) is 3.85. The first-order chi connectivity index (χ1) is 12.5. The number of carbonyl (C=O) groups excluding carboxylic acids is 1. The highest BCUT2D eigenvalue weighted by molar-refractivity contribution is 7.07. The molecule has 26 heavy (non-hydrogen) atoms. The first kappa shape index (κ1) is 17.7. The van der Waals surface area contributed by atoms with Crippen molar-refractivity contribution in [2.24, 2.45) is 0 Å². The van der Waals surface area contributed by atoms with E-state index in [1.807, 2.05) is 19.1 Å². The fraction of sp³-hybridized carbons (Fsp3) is 0.100. The van der Waals surface area contributed by atoms with E-state index in [-0.39, 0.29) is 17.1 Å². The number of aromatic amines is 1. The predicted molar refractivity (Wildman–Crippen MR) is 102 cm³/mol. The largest absolute Gasteiger partial charge is 0.504 e. The Morgan fingerprint density at radius 3 is 2.69 bits per heavy atom. The molecule has 3 rings (SSSR count). The molecule has 1 heterocycles. The molecule has 2 aromatic carbocycles. The summed E-state index contributed by atoms with van der Waals surface area (Å²) in [6, 6.07) is 12.2. The molecule has 5 nitrogen and oxygen atoms in total. The van der Waals surface area contributed by atoms with Crippen molar-refractivity contribution in [1.29, 1.82) is 0 Å². The number of ether oxygens (including phenoxy) is 1. The number of nitrogens with one attached hydrogen (secondary N) is 1. The molecule has 0 fully saturated rings. The van der Waals surface area contributed by atoms with Crippen molar-refractivity contribution in [3.63, 3.8) is 0 Å². The number of hydrogen-bond acceptors (Lipinski definition) is 5. The van der Waals surface area contributed by atoms with Gasteiger partial charge in [-0.2, -0.15) is 0 Å². The predicted octanol–water partition coefficient (Wildman–Crippen LogP) is 1.95. The number of rotatable bonds is 4. The molecule has 0 amide bonds. The van der Waals surface area contributed by atoms with Gasteiger partial charge in [-0.1, -0.05) is 30.3 Å². The summed E-state index contributed by atoms with van der Waals surface area (Å²) in [6.07, 6.45) is 3.08. The lowest BCUT2D eigenvalue weighted by Crippen LogP contribution is -2.20. The molecule has 3 aromatic rings. The van der Waals surface area contributed by atoms with Crippen molar-refractivity contribution in [3.8, 4) is 11.5 Å². The van der Waals surface area contributed by atoms with E-state index in [0.29, 0.717) is 26.1 Å². The summed E-state index contributed by atoms with van der Waals surface area (Å²) in [5.41, 5.74) is 1.86. The third kappa shape index (κ3) is 3.75. The molecular formula is C20H17NO4S. The van der Waals surface area contributed by atoms with Crippen molar-refractivity contribution in [2.75, 3.05) is 7.11 Å². The number of ketones is 1. The summed E-state index contributed by atoms with van der Waals surface area (Å²) in [6.45, 7) is 1.87. The highest BCUT2D eigenvalue weighted by Gasteiger charge is 2.06. The maximum atomic E-state index is 12.4. The number of aromatic nitrogens is 1. The first-order valence-corrected chi connectivity index (χ1v) is 8.69. The van der Waals surface area contributed by atoms with E-state index in [2.05, 4.69) is 4.98 Å². The van der Waals surface area contributed by atoms with Crippen LogP contribution in [0.15, 0.2) is 47.3 Å². The number of H-pyrrole nitrogens is 1. The third-order valence-corrected chi connectivity index (χ3v) is 4.82. The fourth-order valence-electron chi connectivity index (χ4n) is 2.52. The van der Waals surface area contributed by atoms with E-state index < -0.39 is 0 Å². The lowest BCUT2D eigenvalue weighted by molar-refractivity contribution is 0.106. The highest BCUT2D eigenvalue weighted by atomic mass is 32.1. The van der Waals surface area contributed by atoms with Crippen LogP contribution in [0.1, 0.15) is 21.5 Å². The second kappa shape index (κ2) is 7.41. The van der Waals surface area contributed by atoms with Crippen LogP contribution in [-0.2, 0) is 0 Å². The number of aryl methyl sites for hydroxylation is 1. The van der Waals surface area contributed by atoms with Crippen molar-refractivity contribution >= 4 is 29.3 Å². The summed E-state index contributed by atoms with van der Waals surface area (Å²) >= 11 is 1.19. The van der Waals surface area contributed by atoms with Crippen molar-refractivity contribution in [2.45, 2.75) is 6.92 Å². The molecule has 0 aliphatic rings. The zero-order valence-corrected chi connectivity index (χ0v) is 15.1. The van der Waals surface area contributed by atoms with Gasteiger partial charge in [0.15, 0.2) is 17.3 Å². The molecule has 1 aromatic heterocycles. The van der Waals surface area contributed by atoms with E-state index in [1.54, 1.807) is 30.3 Å². The molecule has 0 bridgehead atoms. The van der Waals surface area contributed by atoms with E-state index >= 15 is 0 Å². The van der Waals surface area contributed by atoms with Gasteiger partial charge in [-0.3, -0.25) is 9.59 Å². The van der Waals surface area contributed by atoms with E-state index in [1.165, 1.54) is 30.6 Å². The Balaban J connectivity index is 1.99. The molecule has 2 N–H and O–H groups in total. The molecule has 0 saturated carbocycles. The topological polar surface area (TPSA) is 79.4 Å². The molecule has 0 unspecified atom stereocenters. The summed E-state index contributed by atoms with van der Waals surface area (Å²) < 4.78 is 5.92. The number of aromatic hydroxyl groups is 1. The average molecular weight is 367 g/mol. The van der Waals surface area contributed by atoms with E-state index in [0.717, 1.165) is 5.56 Å². The Morgan fingerprint density at radius 1 is 1.23 bits per heavy atom. The molecule has 0 saturated heterocycles. The standard InChI is InChI=1S/C20H17NO4S/c1-12-5-3-4-6-14(12)15(22)11-19-21-20(24)18(26-19)10-13-7-8-17(25-2)16(23)9-13/h3-11,23H,1-2H3,(H,21,24)/b18-10+,19-11-. The smallest absolute Gasteiger partial charge is 0.266 e. The summed E-state index contributed by atoms with van der Waals surface area (Å²) in [7, 11) is 1.47. The van der Waals surface area contributed by atoms with Crippen LogP contribution in [-0.4, -0.2) is 23.0 Å². The van der Waals surface area contributed by atoms with Gasteiger partial charge in [0.05, 0.1) is 16.3 Å². The van der Waals surface area contributed by atoms with Crippen LogP contribution in [0.5, 0.6) is 11.5 Å². The normalized spacial score (nSPS) is 12.4. The Labute approximate surface area is 153 Å². The van der Waals surface area contributed by atoms with Gasteiger partial charge < -0.3 is 14.8 Å². The molecule has 0 atom stereocenters. The monoisotopic (exact) mass is 367 g/mol. The Morgan fingerprint density at radius 2 is 2.00 bits per heavy atom. The van der Waals surface area contributed by atoms with Gasteiger partial charge in [-0.05, 0) is 36.3 Å². The van der Waals surface area contributed by atoms with Crippen LogP contribution in [0.4, 0.5) is 0 Å². The quantitative estimate of drug-likeness (QED) is 0.691. The van der Waals surface area contributed by atoms with Crippen LogP contribution in [0.25, 0.3) is 12.2 Å². The van der Waals surface area contributed by atoms with Crippen LogP contribution in [0.2, 0.25) is 0 Å². The lowest BCUT2D eigenvalue weighted by atomic mass is 10.1. The van der Waals surface area contributed by atoms with Crippen LogP contribution < -0.4 is 19.5 Å². The maximum absolute atomic E-state index is 12.4. The Bertz CT molecular complexity index is 1140. The van der Waals surface area contributed by atoms with Gasteiger partial charge in [0.1, 0.15) is 0 Å². The molecule has 0 spiro atoms. The average Bonchev–Trinajstić information content (AvgIpc) is 2.94. The Kier molecular flexibility index (Phi) is 5.04. The number of methoxy groups -OCH3 is 1. The molecule has 6 heteroatoms. The number of carbonyl (C=O) groups is 1. The van der Waals surface area contributed by atoms with Gasteiger partial charge in [-0.25, -0.2) is 0 Å². The highest BCUT2D eigenvalue weighted by Crippen LogP contribution is 2.26. The fourth-order valence-corrected chi connectivity index (χ4v) is 3.40. The number of benzene rings is 2. The molecule has 0 radical (unpaired) electrons. The number of thiazole rings is 1. The van der Waals surface area contributed by atoms with Gasteiger partial charge in [0.25, 0.3) is 5.56 Å². The molecule has 0 aliphatic carbocycles. The van der Waals surface area contributed by atoms with Gasteiger partial charge in [0, 0.05) is 11.6 Å². The second-order valence-corrected chi connectivity index (χ2v) is 6.77. The minimum Gasteiger partial charge on any atom is -0.504 e. The minimum atomic E-state index is -0.283. The summed E-state index contributed by atoms with van der Waals surface area (Å²) in [4.78, 5) is 27.2. The molecular weight excluding hydrogens is 350 g/mol. The SMILES string of the molecule is COc1ccc(/C=c2/s/c(=C\C(=O)c3ccccc3C)[nH]c2=O)cc1O.